The highest BCUT2D eigenvalue weighted by Gasteiger charge is 2.29. The van der Waals surface area contributed by atoms with Gasteiger partial charge in [-0.2, -0.15) is 11.8 Å². The topological polar surface area (TPSA) is 75.8 Å². The van der Waals surface area contributed by atoms with Crippen molar-refractivity contribution >= 4 is 29.1 Å². The van der Waals surface area contributed by atoms with E-state index in [1.165, 1.54) is 11.3 Å². The fraction of sp³-hybridized carbons (Fsp3) is 0.364. The molecule has 1 saturated heterocycles. The first kappa shape index (κ1) is 21.0. The number of hydrogen-bond acceptors (Lipinski definition) is 7. The average Bonchev–Trinajstić information content (AvgIpc) is 3.39. The van der Waals surface area contributed by atoms with Crippen LogP contribution >= 0.6 is 23.1 Å². The Hall–Kier alpha value is -2.29. The van der Waals surface area contributed by atoms with E-state index in [1.54, 1.807) is 23.1 Å². The fourth-order valence-corrected chi connectivity index (χ4v) is 5.44. The third-order valence-corrected chi connectivity index (χ3v) is 7.06. The number of carboxylic acid groups (broad SMARTS) is 1. The molecule has 3 aromatic rings. The number of carboxylic acids is 1. The molecule has 0 spiro atoms. The van der Waals surface area contributed by atoms with E-state index in [0.717, 1.165) is 35.1 Å². The molecule has 0 aliphatic carbocycles. The number of aliphatic carboxylic acids is 1. The summed E-state index contributed by atoms with van der Waals surface area (Å²) in [4.78, 5) is 19.2. The third-order valence-electron chi connectivity index (χ3n) is 5.14. The van der Waals surface area contributed by atoms with E-state index in [1.807, 2.05) is 42.2 Å². The van der Waals surface area contributed by atoms with Crippen molar-refractivity contribution in [1.29, 1.82) is 0 Å². The summed E-state index contributed by atoms with van der Waals surface area (Å²) in [6, 6.07) is 11.6. The van der Waals surface area contributed by atoms with Crippen LogP contribution in [0.25, 0.3) is 0 Å². The van der Waals surface area contributed by atoms with Crippen molar-refractivity contribution in [3.63, 3.8) is 0 Å². The lowest BCUT2D eigenvalue weighted by Crippen LogP contribution is -2.46. The molecule has 3 heterocycles. The second-order valence-corrected chi connectivity index (χ2v) is 9.41. The summed E-state index contributed by atoms with van der Waals surface area (Å²) in [5, 5.41) is 11.6. The van der Waals surface area contributed by atoms with Crippen LogP contribution in [0, 0.1) is 6.92 Å². The first-order chi connectivity index (χ1) is 14.6. The summed E-state index contributed by atoms with van der Waals surface area (Å²) in [6.07, 6.45) is 1.90. The predicted molar refractivity (Wildman–Crippen MR) is 118 cm³/mol. The molecule has 2 aromatic heterocycles. The van der Waals surface area contributed by atoms with Gasteiger partial charge in [-0.05, 0) is 36.1 Å². The minimum atomic E-state index is -0.757. The van der Waals surface area contributed by atoms with Crippen molar-refractivity contribution in [2.45, 2.75) is 32.0 Å². The molecule has 158 valence electrons. The third kappa shape index (κ3) is 5.06. The fourth-order valence-electron chi connectivity index (χ4n) is 3.60. The zero-order valence-electron chi connectivity index (χ0n) is 16.7. The Morgan fingerprint density at radius 3 is 3.03 bits per heavy atom. The lowest BCUT2D eigenvalue weighted by Gasteiger charge is -2.32. The van der Waals surface area contributed by atoms with E-state index in [2.05, 4.69) is 16.4 Å². The number of oxazole rings is 1. The number of aromatic nitrogens is 1. The summed E-state index contributed by atoms with van der Waals surface area (Å²) >= 11 is 3.39. The monoisotopic (exact) mass is 444 g/mol. The summed E-state index contributed by atoms with van der Waals surface area (Å²) in [5.74, 6) is 2.32. The highest BCUT2D eigenvalue weighted by molar-refractivity contribution is 7.99. The van der Waals surface area contributed by atoms with Crippen molar-refractivity contribution in [3.8, 4) is 5.75 Å². The van der Waals surface area contributed by atoms with Crippen LogP contribution in [0.4, 0.5) is 0 Å². The number of thiophene rings is 1. The summed E-state index contributed by atoms with van der Waals surface area (Å²) in [7, 11) is 0. The summed E-state index contributed by atoms with van der Waals surface area (Å²) < 4.78 is 11.8. The van der Waals surface area contributed by atoms with E-state index in [0.29, 0.717) is 18.7 Å². The van der Waals surface area contributed by atoms with Gasteiger partial charge in [0, 0.05) is 35.9 Å². The Bertz CT molecular complexity index is 973. The molecule has 0 bridgehead atoms. The number of aryl methyl sites for hydroxylation is 1. The van der Waals surface area contributed by atoms with E-state index < -0.39 is 12.0 Å². The Morgan fingerprint density at radius 2 is 2.30 bits per heavy atom. The second kappa shape index (κ2) is 9.68. The number of ether oxygens (including phenoxy) is 1. The highest BCUT2D eigenvalue weighted by atomic mass is 32.2. The molecule has 1 aliphatic rings. The first-order valence-electron chi connectivity index (χ1n) is 9.82. The number of carbonyl (C=O) groups is 1. The van der Waals surface area contributed by atoms with Gasteiger partial charge in [0.25, 0.3) is 0 Å². The van der Waals surface area contributed by atoms with Gasteiger partial charge < -0.3 is 14.3 Å². The van der Waals surface area contributed by atoms with Crippen LogP contribution < -0.4 is 4.74 Å². The summed E-state index contributed by atoms with van der Waals surface area (Å²) in [6.45, 7) is 3.25. The molecule has 0 amide bonds. The molecule has 0 radical (unpaired) electrons. The van der Waals surface area contributed by atoms with Crippen molar-refractivity contribution < 1.29 is 19.1 Å². The van der Waals surface area contributed by atoms with Crippen LogP contribution in [-0.2, 0) is 17.8 Å². The molecular formula is C22H24N2O4S2. The second-order valence-electron chi connectivity index (χ2n) is 7.23. The molecule has 2 atom stereocenters. The number of nitrogens with zero attached hydrogens (tertiary/aromatic N) is 2. The minimum absolute atomic E-state index is 0.254. The van der Waals surface area contributed by atoms with Gasteiger partial charge in [0.1, 0.15) is 29.3 Å². The summed E-state index contributed by atoms with van der Waals surface area (Å²) in [5.41, 5.74) is 1.84. The molecular weight excluding hydrogens is 420 g/mol. The van der Waals surface area contributed by atoms with Crippen molar-refractivity contribution in [1.82, 2.24) is 9.88 Å². The number of benzene rings is 1. The van der Waals surface area contributed by atoms with E-state index >= 15 is 0 Å². The average molecular weight is 445 g/mol. The van der Waals surface area contributed by atoms with Crippen molar-refractivity contribution in [2.24, 2.45) is 0 Å². The Labute approximate surface area is 183 Å². The lowest BCUT2D eigenvalue weighted by atomic mass is 10.1. The maximum absolute atomic E-state index is 11.6. The molecule has 8 heteroatoms. The maximum atomic E-state index is 11.6. The minimum Gasteiger partial charge on any atom is -0.484 e. The highest BCUT2D eigenvalue weighted by Crippen LogP contribution is 2.29. The first-order valence-corrected chi connectivity index (χ1v) is 11.9. The van der Waals surface area contributed by atoms with E-state index in [4.69, 9.17) is 9.15 Å². The molecule has 1 aromatic carbocycles. The zero-order valence-corrected chi connectivity index (χ0v) is 18.3. The van der Waals surface area contributed by atoms with Gasteiger partial charge >= 0.3 is 5.97 Å². The van der Waals surface area contributed by atoms with Crippen LogP contribution in [0.2, 0.25) is 0 Å². The molecule has 1 N–H and O–H groups in total. The number of thioether (sulfide) groups is 1. The predicted octanol–water partition coefficient (Wildman–Crippen LogP) is 4.41. The van der Waals surface area contributed by atoms with Crippen LogP contribution in [0.15, 0.2) is 52.6 Å². The van der Waals surface area contributed by atoms with Crippen LogP contribution in [-0.4, -0.2) is 45.1 Å². The Kier molecular flexibility index (Phi) is 6.76. The van der Waals surface area contributed by atoms with Gasteiger partial charge in [0.2, 0.25) is 0 Å². The largest absolute Gasteiger partial charge is 0.484 e. The van der Waals surface area contributed by atoms with Gasteiger partial charge in [-0.1, -0.05) is 18.2 Å². The Balaban J connectivity index is 1.51. The SMILES string of the molecule is Cc1ocnc1C(Cc1cccs1)Oc1cccc(CN2CCSCC2C(=O)O)c1. The number of rotatable bonds is 8. The smallest absolute Gasteiger partial charge is 0.321 e. The Morgan fingerprint density at radius 1 is 1.40 bits per heavy atom. The molecule has 0 saturated carbocycles. The molecule has 1 aliphatic heterocycles. The van der Waals surface area contributed by atoms with Gasteiger partial charge in [0.05, 0.1) is 0 Å². The normalized spacial score (nSPS) is 18.2. The molecule has 1 fully saturated rings. The molecule has 2 unspecified atom stereocenters. The van der Waals surface area contributed by atoms with Crippen LogP contribution in [0.5, 0.6) is 5.75 Å². The van der Waals surface area contributed by atoms with Crippen molar-refractivity contribution in [3.05, 3.63) is 70.1 Å². The quantitative estimate of drug-likeness (QED) is 0.551. The standard InChI is InChI=1S/C22H24N2O4S2/c1-15-21(23-14-27-15)20(11-18-6-3-8-30-18)28-17-5-2-4-16(10-17)12-24-7-9-29-13-19(24)22(25)26/h2-6,8,10,14,19-20H,7,9,11-13H2,1H3,(H,25,26). The van der Waals surface area contributed by atoms with Gasteiger partial charge in [-0.15, -0.1) is 11.3 Å². The molecule has 6 nitrogen and oxygen atoms in total. The van der Waals surface area contributed by atoms with Crippen LogP contribution in [0.1, 0.15) is 28.0 Å². The maximum Gasteiger partial charge on any atom is 0.321 e. The van der Waals surface area contributed by atoms with Gasteiger partial charge in [0.15, 0.2) is 6.39 Å². The molecule has 30 heavy (non-hydrogen) atoms. The lowest BCUT2D eigenvalue weighted by molar-refractivity contribution is -0.142. The van der Waals surface area contributed by atoms with Crippen molar-refractivity contribution in [2.75, 3.05) is 18.1 Å². The van der Waals surface area contributed by atoms with Gasteiger partial charge in [-0.25, -0.2) is 4.98 Å². The zero-order chi connectivity index (χ0) is 20.9. The van der Waals surface area contributed by atoms with E-state index in [-0.39, 0.29) is 6.10 Å². The van der Waals surface area contributed by atoms with E-state index in [9.17, 15) is 9.90 Å². The van der Waals surface area contributed by atoms with Crippen LogP contribution in [0.3, 0.4) is 0 Å². The number of hydrogen-bond donors (Lipinski definition) is 1. The van der Waals surface area contributed by atoms with Gasteiger partial charge in [-0.3, -0.25) is 9.69 Å². The molecule has 4 rings (SSSR count).